The maximum atomic E-state index is 12.7. The van der Waals surface area contributed by atoms with E-state index in [4.69, 9.17) is 13.5 Å². The van der Waals surface area contributed by atoms with E-state index in [1.807, 2.05) is 6.07 Å². The Labute approximate surface area is 113 Å². The van der Waals surface area contributed by atoms with E-state index in [1.54, 1.807) is 39.8 Å². The third-order valence-electron chi connectivity index (χ3n) is 1.93. The Morgan fingerprint density at radius 1 is 1.37 bits per heavy atom. The van der Waals surface area contributed by atoms with Gasteiger partial charge in [-0.1, -0.05) is 0 Å². The Kier molecular flexibility index (Phi) is 5.56. The lowest BCUT2D eigenvalue weighted by Gasteiger charge is -2.21. The molecule has 0 radical (unpaired) electrons. The molecule has 0 aromatic carbocycles. The van der Waals surface area contributed by atoms with Crippen molar-refractivity contribution in [3.63, 3.8) is 0 Å². The van der Waals surface area contributed by atoms with Crippen LogP contribution in [0.5, 0.6) is 0 Å². The van der Waals surface area contributed by atoms with Gasteiger partial charge in [-0.05, 0) is 39.8 Å². The van der Waals surface area contributed by atoms with Crippen LogP contribution in [0.1, 0.15) is 33.5 Å². The maximum absolute atomic E-state index is 12.7. The number of furan rings is 1. The highest BCUT2D eigenvalue weighted by molar-refractivity contribution is 7.59. The molecule has 5 nitrogen and oxygen atoms in total. The molecule has 0 aliphatic heterocycles. The van der Waals surface area contributed by atoms with Crippen molar-refractivity contribution in [2.75, 3.05) is 0 Å². The number of hydrogen-bond acceptors (Lipinski definition) is 5. The number of hydrogen-bond donors (Lipinski definition) is 0. The number of nitrogens with zero attached hydrogens (tertiary/aromatic N) is 1. The fraction of sp³-hybridized carbons (Fsp3) is 0.462. The van der Waals surface area contributed by atoms with Crippen molar-refractivity contribution >= 4 is 13.7 Å². The molecule has 19 heavy (non-hydrogen) atoms. The summed E-state index contributed by atoms with van der Waals surface area (Å²) in [6.07, 6.45) is 2.21. The summed E-state index contributed by atoms with van der Waals surface area (Å²) in [7, 11) is -3.64. The molecule has 0 fully saturated rings. The SMILES string of the molecule is CC(C)OP(=O)(OC(C)C)/C(C#N)=C/c1ccco1. The first-order valence-corrected chi connectivity index (χ1v) is 7.54. The number of nitriles is 1. The van der Waals surface area contributed by atoms with Gasteiger partial charge in [0.1, 0.15) is 17.1 Å². The molecular weight excluding hydrogens is 265 g/mol. The fourth-order valence-electron chi connectivity index (χ4n) is 1.37. The van der Waals surface area contributed by atoms with Crippen LogP contribution in [0, 0.1) is 11.3 Å². The monoisotopic (exact) mass is 283 g/mol. The van der Waals surface area contributed by atoms with Gasteiger partial charge >= 0.3 is 7.60 Å². The average Bonchev–Trinajstić information content (AvgIpc) is 2.75. The maximum Gasteiger partial charge on any atom is 0.372 e. The fourth-order valence-corrected chi connectivity index (χ4v) is 3.17. The normalized spacial score (nSPS) is 13.0. The zero-order valence-electron chi connectivity index (χ0n) is 11.5. The van der Waals surface area contributed by atoms with Gasteiger partial charge in [0.25, 0.3) is 0 Å². The van der Waals surface area contributed by atoms with Crippen LogP contribution in [0.3, 0.4) is 0 Å². The highest BCUT2D eigenvalue weighted by atomic mass is 31.2. The van der Waals surface area contributed by atoms with Gasteiger partial charge in [-0.25, -0.2) is 0 Å². The smallest absolute Gasteiger partial charge is 0.372 e. The summed E-state index contributed by atoms with van der Waals surface area (Å²) in [6, 6.07) is 5.22. The quantitative estimate of drug-likeness (QED) is 0.578. The van der Waals surface area contributed by atoms with Crippen LogP contribution in [-0.2, 0) is 13.6 Å². The summed E-state index contributed by atoms with van der Waals surface area (Å²) in [5.41, 5.74) is 0. The third-order valence-corrected chi connectivity index (χ3v) is 4.15. The largest absolute Gasteiger partial charge is 0.465 e. The number of allylic oxidation sites excluding steroid dienone is 1. The minimum absolute atomic E-state index is 0.0650. The van der Waals surface area contributed by atoms with Gasteiger partial charge in [-0.15, -0.1) is 0 Å². The highest BCUT2D eigenvalue weighted by Gasteiger charge is 2.33. The molecule has 1 heterocycles. The summed E-state index contributed by atoms with van der Waals surface area (Å²) >= 11 is 0. The summed E-state index contributed by atoms with van der Waals surface area (Å²) < 4.78 is 28.5. The van der Waals surface area contributed by atoms with E-state index in [0.29, 0.717) is 5.76 Å². The third kappa shape index (κ3) is 4.68. The Hall–Kier alpha value is -1.34. The van der Waals surface area contributed by atoms with Crippen LogP contribution in [0.4, 0.5) is 0 Å². The molecular formula is C13H18NO4P. The molecule has 1 rings (SSSR count). The molecule has 0 N–H and O–H groups in total. The van der Waals surface area contributed by atoms with Crippen molar-refractivity contribution in [2.45, 2.75) is 39.9 Å². The second kappa shape index (κ2) is 6.72. The van der Waals surface area contributed by atoms with E-state index in [1.165, 1.54) is 12.3 Å². The van der Waals surface area contributed by atoms with Crippen molar-refractivity contribution in [1.82, 2.24) is 0 Å². The molecule has 0 unspecified atom stereocenters. The van der Waals surface area contributed by atoms with E-state index in [0.717, 1.165) is 0 Å². The molecule has 0 aliphatic rings. The molecule has 0 saturated heterocycles. The van der Waals surface area contributed by atoms with Crippen LogP contribution >= 0.6 is 7.60 Å². The van der Waals surface area contributed by atoms with Gasteiger partial charge in [0.2, 0.25) is 0 Å². The second-order valence-electron chi connectivity index (χ2n) is 4.46. The van der Waals surface area contributed by atoms with Crippen molar-refractivity contribution in [1.29, 1.82) is 5.26 Å². The minimum atomic E-state index is -3.64. The van der Waals surface area contributed by atoms with E-state index in [-0.39, 0.29) is 17.5 Å². The van der Waals surface area contributed by atoms with E-state index < -0.39 is 7.60 Å². The van der Waals surface area contributed by atoms with Gasteiger partial charge in [-0.3, -0.25) is 4.57 Å². The zero-order chi connectivity index (χ0) is 14.5. The van der Waals surface area contributed by atoms with Crippen LogP contribution in [0.2, 0.25) is 0 Å². The molecule has 0 bridgehead atoms. The van der Waals surface area contributed by atoms with E-state index in [9.17, 15) is 9.83 Å². The lowest BCUT2D eigenvalue weighted by atomic mass is 10.4. The average molecular weight is 283 g/mol. The highest BCUT2D eigenvalue weighted by Crippen LogP contribution is 2.58. The van der Waals surface area contributed by atoms with Crippen molar-refractivity contribution in [3.8, 4) is 6.07 Å². The molecule has 0 spiro atoms. The molecule has 0 saturated carbocycles. The predicted molar refractivity (Wildman–Crippen MR) is 72.3 cm³/mol. The lowest BCUT2D eigenvalue weighted by Crippen LogP contribution is -2.08. The van der Waals surface area contributed by atoms with Crippen molar-refractivity contribution in [2.24, 2.45) is 0 Å². The summed E-state index contributed by atoms with van der Waals surface area (Å²) in [5, 5.41) is 9.13. The van der Waals surface area contributed by atoms with Gasteiger partial charge in [-0.2, -0.15) is 5.26 Å². The molecule has 6 heteroatoms. The molecule has 0 amide bonds. The Balaban J connectivity index is 3.14. The molecule has 1 aromatic rings. The zero-order valence-corrected chi connectivity index (χ0v) is 12.4. The second-order valence-corrected chi connectivity index (χ2v) is 6.36. The summed E-state index contributed by atoms with van der Waals surface area (Å²) in [6.45, 7) is 6.94. The van der Waals surface area contributed by atoms with Crippen molar-refractivity contribution < 1.29 is 18.0 Å². The molecule has 1 aromatic heterocycles. The van der Waals surface area contributed by atoms with Crippen LogP contribution < -0.4 is 0 Å². The summed E-state index contributed by atoms with van der Waals surface area (Å²) in [4.78, 5) is 0. The van der Waals surface area contributed by atoms with Gasteiger partial charge in [0.15, 0.2) is 0 Å². The predicted octanol–water partition coefficient (Wildman–Crippen LogP) is 4.19. The first kappa shape index (κ1) is 15.7. The van der Waals surface area contributed by atoms with Gasteiger partial charge < -0.3 is 13.5 Å². The molecule has 104 valence electrons. The van der Waals surface area contributed by atoms with Crippen molar-refractivity contribution in [3.05, 3.63) is 29.5 Å². The Morgan fingerprint density at radius 2 is 1.95 bits per heavy atom. The number of rotatable bonds is 6. The van der Waals surface area contributed by atoms with Crippen LogP contribution in [0.25, 0.3) is 6.08 Å². The van der Waals surface area contributed by atoms with Gasteiger partial charge in [0.05, 0.1) is 18.5 Å². The van der Waals surface area contributed by atoms with Crippen LogP contribution in [-0.4, -0.2) is 12.2 Å². The van der Waals surface area contributed by atoms with E-state index in [2.05, 4.69) is 0 Å². The molecule has 0 aliphatic carbocycles. The standard InChI is InChI=1S/C13H18NO4P/c1-10(2)17-19(15,18-11(3)4)13(9-14)8-12-6-5-7-16-12/h5-8,10-11H,1-4H3/b13-8+. The molecule has 0 atom stereocenters. The Bertz CT molecular complexity index is 497. The first-order chi connectivity index (χ1) is 8.87. The van der Waals surface area contributed by atoms with Gasteiger partial charge in [0, 0.05) is 6.08 Å². The Morgan fingerprint density at radius 3 is 2.32 bits per heavy atom. The summed E-state index contributed by atoms with van der Waals surface area (Å²) in [5.74, 6) is 0.427. The minimum Gasteiger partial charge on any atom is -0.465 e. The topological polar surface area (TPSA) is 72.5 Å². The van der Waals surface area contributed by atoms with Crippen LogP contribution in [0.15, 0.2) is 28.1 Å². The first-order valence-electron chi connectivity index (χ1n) is 6.00. The lowest BCUT2D eigenvalue weighted by molar-refractivity contribution is 0.148. The van der Waals surface area contributed by atoms with E-state index >= 15 is 0 Å².